The maximum atomic E-state index is 4.48. The molecule has 0 aliphatic heterocycles. The maximum Gasteiger partial charge on any atom is 0.0929 e. The highest BCUT2D eigenvalue weighted by Gasteiger charge is 2.08. The van der Waals surface area contributed by atoms with Gasteiger partial charge in [0, 0.05) is 18.8 Å². The zero-order valence-corrected chi connectivity index (χ0v) is 10.2. The van der Waals surface area contributed by atoms with Gasteiger partial charge in [0.05, 0.1) is 5.69 Å². The zero-order valence-electron chi connectivity index (χ0n) is 10.2. The van der Waals surface area contributed by atoms with Crippen LogP contribution in [0.1, 0.15) is 0 Å². The van der Waals surface area contributed by atoms with Crippen molar-refractivity contribution in [3.05, 3.63) is 66.9 Å². The molecule has 0 fully saturated rings. The van der Waals surface area contributed by atoms with E-state index in [-0.39, 0.29) is 0 Å². The fourth-order valence-corrected chi connectivity index (χ4v) is 2.13. The number of aromatic nitrogens is 2. The van der Waals surface area contributed by atoms with Crippen LogP contribution in [0.5, 0.6) is 0 Å². The van der Waals surface area contributed by atoms with Crippen LogP contribution in [0.4, 0.5) is 0 Å². The third kappa shape index (κ3) is 1.93. The Morgan fingerprint density at radius 3 is 2.11 bits per heavy atom. The molecule has 88 valence electrons. The lowest BCUT2D eigenvalue weighted by Crippen LogP contribution is -1.89. The Hall–Kier alpha value is -2.35. The van der Waals surface area contributed by atoms with Gasteiger partial charge >= 0.3 is 0 Å². The van der Waals surface area contributed by atoms with Gasteiger partial charge in [-0.2, -0.15) is 5.10 Å². The van der Waals surface area contributed by atoms with Crippen LogP contribution in [0.15, 0.2) is 66.9 Å². The standard InChI is InChI=1S/C16H14N2/c1-18-12-11-16(17-18)15-10-6-5-9-14(15)13-7-3-2-4-8-13/h2-12H,1H3. The first kappa shape index (κ1) is 10.8. The Morgan fingerprint density at radius 1 is 0.778 bits per heavy atom. The predicted octanol–water partition coefficient (Wildman–Crippen LogP) is 3.75. The van der Waals surface area contributed by atoms with Gasteiger partial charge in [-0.25, -0.2) is 0 Å². The maximum absolute atomic E-state index is 4.48. The minimum absolute atomic E-state index is 1.01. The first-order valence-corrected chi connectivity index (χ1v) is 5.99. The number of hydrogen-bond acceptors (Lipinski definition) is 1. The van der Waals surface area contributed by atoms with Gasteiger partial charge in [0.1, 0.15) is 0 Å². The fourth-order valence-electron chi connectivity index (χ4n) is 2.13. The Morgan fingerprint density at radius 2 is 1.44 bits per heavy atom. The molecule has 3 rings (SSSR count). The van der Waals surface area contributed by atoms with Gasteiger partial charge in [0.25, 0.3) is 0 Å². The van der Waals surface area contributed by atoms with Crippen LogP contribution in [0.2, 0.25) is 0 Å². The summed E-state index contributed by atoms with van der Waals surface area (Å²) in [7, 11) is 1.94. The monoisotopic (exact) mass is 234 g/mol. The molecule has 3 aromatic rings. The molecule has 18 heavy (non-hydrogen) atoms. The number of aryl methyl sites for hydroxylation is 1. The molecule has 2 heteroatoms. The third-order valence-corrected chi connectivity index (χ3v) is 3.00. The van der Waals surface area contributed by atoms with Gasteiger partial charge in [-0.15, -0.1) is 0 Å². The van der Waals surface area contributed by atoms with E-state index in [0.29, 0.717) is 0 Å². The summed E-state index contributed by atoms with van der Waals surface area (Å²) in [5, 5.41) is 4.48. The summed E-state index contributed by atoms with van der Waals surface area (Å²) in [6.07, 6.45) is 1.97. The normalized spacial score (nSPS) is 10.5. The molecule has 1 aromatic heterocycles. The quantitative estimate of drug-likeness (QED) is 0.660. The van der Waals surface area contributed by atoms with E-state index < -0.39 is 0 Å². The van der Waals surface area contributed by atoms with Crippen molar-refractivity contribution in [3.8, 4) is 22.4 Å². The van der Waals surface area contributed by atoms with E-state index in [1.807, 2.05) is 30.1 Å². The third-order valence-electron chi connectivity index (χ3n) is 3.00. The van der Waals surface area contributed by atoms with Gasteiger partial charge in [-0.3, -0.25) is 4.68 Å². The second kappa shape index (κ2) is 4.49. The van der Waals surface area contributed by atoms with Crippen molar-refractivity contribution in [1.82, 2.24) is 9.78 Å². The number of hydrogen-bond donors (Lipinski definition) is 0. The Bertz CT molecular complexity index is 654. The lowest BCUT2D eigenvalue weighted by Gasteiger charge is -2.07. The van der Waals surface area contributed by atoms with E-state index >= 15 is 0 Å². The van der Waals surface area contributed by atoms with E-state index in [2.05, 4.69) is 53.6 Å². The van der Waals surface area contributed by atoms with Crippen LogP contribution in [-0.4, -0.2) is 9.78 Å². The molecule has 0 bridgehead atoms. The van der Waals surface area contributed by atoms with Crippen LogP contribution in [-0.2, 0) is 7.05 Å². The highest BCUT2D eigenvalue weighted by molar-refractivity contribution is 5.81. The van der Waals surface area contributed by atoms with Crippen LogP contribution in [0, 0.1) is 0 Å². The van der Waals surface area contributed by atoms with Gasteiger partial charge in [-0.05, 0) is 17.2 Å². The van der Waals surface area contributed by atoms with Crippen LogP contribution in [0.25, 0.3) is 22.4 Å². The van der Waals surface area contributed by atoms with Crippen LogP contribution in [0.3, 0.4) is 0 Å². The Kier molecular flexibility index (Phi) is 2.69. The van der Waals surface area contributed by atoms with Crippen molar-refractivity contribution in [1.29, 1.82) is 0 Å². The van der Waals surface area contributed by atoms with Crippen molar-refractivity contribution >= 4 is 0 Å². The van der Waals surface area contributed by atoms with Crippen LogP contribution < -0.4 is 0 Å². The summed E-state index contributed by atoms with van der Waals surface area (Å²) in [6, 6.07) is 20.8. The van der Waals surface area contributed by atoms with Crippen molar-refractivity contribution in [2.45, 2.75) is 0 Å². The summed E-state index contributed by atoms with van der Waals surface area (Å²) in [6.45, 7) is 0. The Labute approximate surface area is 107 Å². The van der Waals surface area contributed by atoms with E-state index in [9.17, 15) is 0 Å². The van der Waals surface area contributed by atoms with Gasteiger partial charge in [-0.1, -0.05) is 54.6 Å². The molecular weight excluding hydrogens is 220 g/mol. The largest absolute Gasteiger partial charge is 0.275 e. The molecule has 0 amide bonds. The molecule has 2 nitrogen and oxygen atoms in total. The van der Waals surface area contributed by atoms with Gasteiger partial charge < -0.3 is 0 Å². The van der Waals surface area contributed by atoms with E-state index in [1.165, 1.54) is 16.7 Å². The highest BCUT2D eigenvalue weighted by atomic mass is 15.2. The molecule has 0 N–H and O–H groups in total. The van der Waals surface area contributed by atoms with Crippen molar-refractivity contribution < 1.29 is 0 Å². The molecule has 0 unspecified atom stereocenters. The summed E-state index contributed by atoms with van der Waals surface area (Å²) in [5.41, 5.74) is 4.62. The summed E-state index contributed by atoms with van der Waals surface area (Å²) >= 11 is 0. The summed E-state index contributed by atoms with van der Waals surface area (Å²) < 4.78 is 1.83. The lowest BCUT2D eigenvalue weighted by atomic mass is 9.98. The minimum atomic E-state index is 1.01. The first-order chi connectivity index (χ1) is 8.84. The summed E-state index contributed by atoms with van der Waals surface area (Å²) in [5.74, 6) is 0. The van der Waals surface area contributed by atoms with Gasteiger partial charge in [0.15, 0.2) is 0 Å². The van der Waals surface area contributed by atoms with Gasteiger partial charge in [0.2, 0.25) is 0 Å². The molecular formula is C16H14N2. The van der Waals surface area contributed by atoms with Crippen LogP contribution >= 0.6 is 0 Å². The smallest absolute Gasteiger partial charge is 0.0929 e. The molecule has 0 aliphatic rings. The second-order valence-electron chi connectivity index (χ2n) is 4.29. The zero-order chi connectivity index (χ0) is 12.4. The molecule has 0 saturated heterocycles. The number of rotatable bonds is 2. The summed E-state index contributed by atoms with van der Waals surface area (Å²) in [4.78, 5) is 0. The molecule has 2 aromatic carbocycles. The topological polar surface area (TPSA) is 17.8 Å². The molecule has 0 atom stereocenters. The molecule has 0 aliphatic carbocycles. The van der Waals surface area contributed by atoms with Crippen molar-refractivity contribution in [3.63, 3.8) is 0 Å². The minimum Gasteiger partial charge on any atom is -0.275 e. The lowest BCUT2D eigenvalue weighted by molar-refractivity contribution is 0.771. The van der Waals surface area contributed by atoms with Crippen molar-refractivity contribution in [2.75, 3.05) is 0 Å². The van der Waals surface area contributed by atoms with E-state index in [0.717, 1.165) is 5.69 Å². The van der Waals surface area contributed by atoms with Crippen molar-refractivity contribution in [2.24, 2.45) is 7.05 Å². The average Bonchev–Trinajstić information content (AvgIpc) is 2.86. The molecule has 0 saturated carbocycles. The SMILES string of the molecule is Cn1ccc(-c2ccccc2-c2ccccc2)n1. The highest BCUT2D eigenvalue weighted by Crippen LogP contribution is 2.30. The fraction of sp³-hybridized carbons (Fsp3) is 0.0625. The molecule has 0 radical (unpaired) electrons. The number of nitrogens with zero attached hydrogens (tertiary/aromatic N) is 2. The predicted molar refractivity (Wildman–Crippen MR) is 74.1 cm³/mol. The second-order valence-corrected chi connectivity index (χ2v) is 4.29. The average molecular weight is 234 g/mol. The number of benzene rings is 2. The van der Waals surface area contributed by atoms with E-state index in [1.54, 1.807) is 0 Å². The Balaban J connectivity index is 2.17. The van der Waals surface area contributed by atoms with E-state index in [4.69, 9.17) is 0 Å². The molecule has 1 heterocycles. The first-order valence-electron chi connectivity index (χ1n) is 5.99. The molecule has 0 spiro atoms.